The number of piperazine rings is 1. The summed E-state index contributed by atoms with van der Waals surface area (Å²) < 4.78 is 1.69. The number of carbonyl (C=O) groups excluding carboxylic acids is 2. The number of rotatable bonds is 4. The SMILES string of the molecule is CC(C)(C)c1cc(-c2ccc(Cl)cc2)nn2cc(C(=O)N3CCN(C(=O)[C@H]4CC[C@H](C(=O)O)CC4)CC3(C)C)nc12. The summed E-state index contributed by atoms with van der Waals surface area (Å²) in [5.41, 5.74) is 2.77. The highest BCUT2D eigenvalue weighted by molar-refractivity contribution is 6.30. The topological polar surface area (TPSA) is 108 Å². The highest BCUT2D eigenvalue weighted by atomic mass is 35.5. The van der Waals surface area contributed by atoms with Gasteiger partial charge in [0.05, 0.1) is 23.3 Å². The van der Waals surface area contributed by atoms with Crippen LogP contribution in [0.4, 0.5) is 0 Å². The van der Waals surface area contributed by atoms with E-state index in [9.17, 15) is 19.5 Å². The van der Waals surface area contributed by atoms with Crippen molar-refractivity contribution in [1.82, 2.24) is 24.4 Å². The van der Waals surface area contributed by atoms with E-state index in [1.165, 1.54) is 0 Å². The molecule has 2 aromatic heterocycles. The molecule has 41 heavy (non-hydrogen) atoms. The molecule has 0 bridgehead atoms. The molecule has 1 saturated carbocycles. The molecule has 1 N–H and O–H groups in total. The van der Waals surface area contributed by atoms with Crippen LogP contribution in [-0.4, -0.2) is 72.5 Å². The third-order valence-electron chi connectivity index (χ3n) is 8.48. The molecule has 9 nitrogen and oxygen atoms in total. The first-order chi connectivity index (χ1) is 19.2. The van der Waals surface area contributed by atoms with Gasteiger partial charge in [-0.25, -0.2) is 9.50 Å². The minimum absolute atomic E-state index is 0.0653. The third-order valence-corrected chi connectivity index (χ3v) is 8.73. The van der Waals surface area contributed by atoms with Crippen LogP contribution < -0.4 is 0 Å². The fourth-order valence-corrected chi connectivity index (χ4v) is 6.22. The van der Waals surface area contributed by atoms with Gasteiger partial charge in [0.1, 0.15) is 5.69 Å². The lowest BCUT2D eigenvalue weighted by Crippen LogP contribution is -2.62. The average Bonchev–Trinajstić information content (AvgIpc) is 3.35. The highest BCUT2D eigenvalue weighted by Crippen LogP contribution is 2.33. The van der Waals surface area contributed by atoms with E-state index < -0.39 is 11.5 Å². The molecular weight excluding hydrogens is 542 g/mol. The van der Waals surface area contributed by atoms with Gasteiger partial charge in [-0.1, -0.05) is 44.5 Å². The molecule has 0 atom stereocenters. The summed E-state index contributed by atoms with van der Waals surface area (Å²) in [6, 6.07) is 9.53. The standard InChI is InChI=1S/C31H38ClN5O4/c1-30(2,3)23-16-24(19-10-12-22(32)13-11-19)34-37-17-25(33-26(23)37)28(39)36-15-14-35(18-31(36,4)5)27(38)20-6-8-21(9-7-20)29(40)41/h10-13,16-17,20-21H,6-9,14-15,18H2,1-5H3,(H,40,41)/t20-,21-. The van der Waals surface area contributed by atoms with E-state index in [0.717, 1.165) is 16.8 Å². The van der Waals surface area contributed by atoms with Crippen LogP contribution in [0.3, 0.4) is 0 Å². The van der Waals surface area contributed by atoms with Crippen molar-refractivity contribution in [3.05, 3.63) is 52.8 Å². The van der Waals surface area contributed by atoms with Crippen molar-refractivity contribution >= 4 is 35.0 Å². The molecule has 1 aliphatic heterocycles. The van der Waals surface area contributed by atoms with Gasteiger partial charge >= 0.3 is 5.97 Å². The number of aromatic nitrogens is 3. The van der Waals surface area contributed by atoms with Gasteiger partial charge in [-0.15, -0.1) is 0 Å². The summed E-state index contributed by atoms with van der Waals surface area (Å²) in [6.07, 6.45) is 3.95. The Balaban J connectivity index is 1.37. The number of carbonyl (C=O) groups is 3. The second kappa shape index (κ2) is 10.7. The van der Waals surface area contributed by atoms with Crippen molar-refractivity contribution in [2.45, 2.75) is 71.3 Å². The molecule has 218 valence electrons. The maximum absolute atomic E-state index is 13.9. The molecule has 2 fully saturated rings. The van der Waals surface area contributed by atoms with Crippen molar-refractivity contribution in [2.75, 3.05) is 19.6 Å². The number of benzene rings is 1. The predicted molar refractivity (Wildman–Crippen MR) is 157 cm³/mol. The smallest absolute Gasteiger partial charge is 0.306 e. The summed E-state index contributed by atoms with van der Waals surface area (Å²) in [5, 5.41) is 14.7. The quantitative estimate of drug-likeness (QED) is 0.449. The minimum atomic E-state index is -0.776. The van der Waals surface area contributed by atoms with E-state index in [1.54, 1.807) is 15.6 Å². The lowest BCUT2D eigenvalue weighted by molar-refractivity contribution is -0.147. The number of carboxylic acid groups (broad SMARTS) is 1. The Labute approximate surface area is 245 Å². The van der Waals surface area contributed by atoms with Gasteiger partial charge in [0.15, 0.2) is 5.65 Å². The van der Waals surface area contributed by atoms with Gasteiger partial charge in [-0.3, -0.25) is 14.4 Å². The van der Waals surface area contributed by atoms with Gasteiger partial charge in [0.2, 0.25) is 5.91 Å². The van der Waals surface area contributed by atoms with E-state index >= 15 is 0 Å². The van der Waals surface area contributed by atoms with Crippen LogP contribution in [0.25, 0.3) is 16.9 Å². The van der Waals surface area contributed by atoms with Crippen molar-refractivity contribution in [3.63, 3.8) is 0 Å². The van der Waals surface area contributed by atoms with E-state index in [4.69, 9.17) is 21.7 Å². The summed E-state index contributed by atoms with van der Waals surface area (Å²) in [4.78, 5) is 46.9. The summed E-state index contributed by atoms with van der Waals surface area (Å²) in [7, 11) is 0. The highest BCUT2D eigenvalue weighted by Gasteiger charge is 2.41. The number of fused-ring (bicyclic) bond motifs is 1. The number of amides is 2. The molecule has 2 amide bonds. The lowest BCUT2D eigenvalue weighted by atomic mass is 9.81. The van der Waals surface area contributed by atoms with Gasteiger partial charge < -0.3 is 14.9 Å². The molecule has 3 heterocycles. The number of aliphatic carboxylic acids is 1. The average molecular weight is 580 g/mol. The minimum Gasteiger partial charge on any atom is -0.481 e. The Bertz CT molecular complexity index is 1480. The first-order valence-corrected chi connectivity index (χ1v) is 14.6. The molecule has 10 heteroatoms. The predicted octanol–water partition coefficient (Wildman–Crippen LogP) is 5.30. The Morgan fingerprint density at radius 3 is 2.22 bits per heavy atom. The van der Waals surface area contributed by atoms with Crippen LogP contribution >= 0.6 is 11.6 Å². The molecular formula is C31H38ClN5O4. The van der Waals surface area contributed by atoms with Crippen LogP contribution in [0, 0.1) is 11.8 Å². The van der Waals surface area contributed by atoms with Crippen molar-refractivity contribution in [3.8, 4) is 11.3 Å². The normalized spacial score (nSPS) is 21.2. The zero-order valence-electron chi connectivity index (χ0n) is 24.4. The monoisotopic (exact) mass is 579 g/mol. The van der Waals surface area contributed by atoms with Crippen LogP contribution in [0.1, 0.15) is 76.4 Å². The number of carboxylic acids is 1. The van der Waals surface area contributed by atoms with Gasteiger partial charge in [-0.2, -0.15) is 5.10 Å². The fraction of sp³-hybridized carbons (Fsp3) is 0.516. The van der Waals surface area contributed by atoms with Gasteiger partial charge in [0.25, 0.3) is 5.91 Å². The maximum Gasteiger partial charge on any atom is 0.306 e. The zero-order valence-corrected chi connectivity index (χ0v) is 25.1. The van der Waals surface area contributed by atoms with E-state index in [2.05, 4.69) is 20.8 Å². The molecule has 1 aromatic carbocycles. The van der Waals surface area contributed by atoms with Gasteiger partial charge in [0, 0.05) is 41.7 Å². The Morgan fingerprint density at radius 1 is 1.00 bits per heavy atom. The Kier molecular flexibility index (Phi) is 7.61. The van der Waals surface area contributed by atoms with Crippen LogP contribution in [0.2, 0.25) is 5.02 Å². The first kappa shape index (κ1) is 29.0. The molecule has 0 spiro atoms. The van der Waals surface area contributed by atoms with E-state index in [-0.39, 0.29) is 29.1 Å². The summed E-state index contributed by atoms with van der Waals surface area (Å²) in [6.45, 7) is 11.5. The molecule has 2 aliphatic rings. The van der Waals surface area contributed by atoms with Crippen LogP contribution in [0.15, 0.2) is 36.5 Å². The number of hydrogen-bond donors (Lipinski definition) is 1. The van der Waals surface area contributed by atoms with Crippen molar-refractivity contribution in [2.24, 2.45) is 11.8 Å². The third kappa shape index (κ3) is 5.82. The molecule has 0 unspecified atom stereocenters. The van der Waals surface area contributed by atoms with Gasteiger partial charge in [-0.05, 0) is 63.1 Å². The van der Waals surface area contributed by atoms with E-state index in [0.29, 0.717) is 61.7 Å². The number of hydrogen-bond acceptors (Lipinski definition) is 5. The first-order valence-electron chi connectivity index (χ1n) is 14.2. The van der Waals surface area contributed by atoms with Crippen molar-refractivity contribution in [1.29, 1.82) is 0 Å². The Hall–Kier alpha value is -3.46. The molecule has 5 rings (SSSR count). The maximum atomic E-state index is 13.9. The summed E-state index contributed by atoms with van der Waals surface area (Å²) in [5.74, 6) is -1.41. The lowest BCUT2D eigenvalue weighted by Gasteiger charge is -2.47. The molecule has 1 saturated heterocycles. The van der Waals surface area contributed by atoms with E-state index in [1.807, 2.05) is 49.1 Å². The summed E-state index contributed by atoms with van der Waals surface area (Å²) >= 11 is 6.10. The largest absolute Gasteiger partial charge is 0.481 e. The molecule has 0 radical (unpaired) electrons. The second-order valence-electron chi connectivity index (χ2n) is 13.0. The molecule has 3 aromatic rings. The zero-order chi connectivity index (χ0) is 29.7. The second-order valence-corrected chi connectivity index (χ2v) is 13.4. The fourth-order valence-electron chi connectivity index (χ4n) is 6.10. The number of nitrogens with zero attached hydrogens (tertiary/aromatic N) is 5. The Morgan fingerprint density at radius 2 is 1.63 bits per heavy atom. The molecule has 1 aliphatic carbocycles. The van der Waals surface area contributed by atoms with Crippen LogP contribution in [0.5, 0.6) is 0 Å². The van der Waals surface area contributed by atoms with Crippen LogP contribution in [-0.2, 0) is 15.0 Å². The number of imidazole rings is 1. The number of halogens is 1. The van der Waals surface area contributed by atoms with Crippen molar-refractivity contribution < 1.29 is 19.5 Å².